The van der Waals surface area contributed by atoms with E-state index in [2.05, 4.69) is 10.6 Å². The highest BCUT2D eigenvalue weighted by Gasteiger charge is 2.27. The third kappa shape index (κ3) is 4.62. The lowest BCUT2D eigenvalue weighted by Gasteiger charge is -2.12. The molecule has 27 heavy (non-hydrogen) atoms. The number of hydrogen-bond acceptors (Lipinski definition) is 5. The van der Waals surface area contributed by atoms with E-state index in [1.807, 2.05) is 19.1 Å². The summed E-state index contributed by atoms with van der Waals surface area (Å²) in [6.45, 7) is 4.13. The minimum atomic E-state index is -0.353. The van der Waals surface area contributed by atoms with Gasteiger partial charge in [-0.1, -0.05) is 11.6 Å². The Morgan fingerprint density at radius 1 is 1.26 bits per heavy atom. The molecule has 0 spiro atoms. The second-order valence-corrected chi connectivity index (χ2v) is 8.04. The minimum absolute atomic E-state index is 0.104. The smallest absolute Gasteiger partial charge is 0.341 e. The van der Waals surface area contributed by atoms with E-state index in [1.54, 1.807) is 13.0 Å². The monoisotopic (exact) mass is 406 g/mol. The summed E-state index contributed by atoms with van der Waals surface area (Å²) < 4.78 is 5.22. The predicted molar refractivity (Wildman–Crippen MR) is 110 cm³/mol. The van der Waals surface area contributed by atoms with E-state index in [0.717, 1.165) is 42.5 Å². The molecule has 3 rings (SSSR count). The van der Waals surface area contributed by atoms with Crippen molar-refractivity contribution in [3.8, 4) is 0 Å². The second kappa shape index (κ2) is 8.76. The molecule has 1 heterocycles. The highest BCUT2D eigenvalue weighted by Crippen LogP contribution is 2.38. The molecule has 0 saturated carbocycles. The molecule has 0 bridgehead atoms. The van der Waals surface area contributed by atoms with Gasteiger partial charge in [-0.15, -0.1) is 11.3 Å². The second-order valence-electron chi connectivity index (χ2n) is 6.50. The van der Waals surface area contributed by atoms with Crippen LogP contribution < -0.4 is 10.6 Å². The number of carbonyl (C=O) groups excluding carboxylic acids is 2. The fraction of sp³-hybridized carbons (Fsp3) is 0.400. The number of fused-ring (bicyclic) bond motifs is 1. The molecule has 0 radical (unpaired) electrons. The molecule has 0 aliphatic heterocycles. The summed E-state index contributed by atoms with van der Waals surface area (Å²) in [5.74, 6) is -0.554. The number of halogens is 1. The van der Waals surface area contributed by atoms with Crippen molar-refractivity contribution in [1.82, 2.24) is 0 Å². The Labute approximate surface area is 168 Å². The average Bonchev–Trinajstić information content (AvgIpc) is 2.99. The zero-order valence-electron chi connectivity index (χ0n) is 15.5. The fourth-order valence-corrected chi connectivity index (χ4v) is 4.77. The molecule has 1 aromatic heterocycles. The van der Waals surface area contributed by atoms with E-state index in [-0.39, 0.29) is 18.4 Å². The van der Waals surface area contributed by atoms with Crippen molar-refractivity contribution in [3.63, 3.8) is 0 Å². The molecule has 0 fully saturated rings. The van der Waals surface area contributed by atoms with Crippen molar-refractivity contribution in [2.75, 3.05) is 23.8 Å². The molecule has 1 aromatic carbocycles. The van der Waals surface area contributed by atoms with Crippen LogP contribution in [0, 0.1) is 6.92 Å². The molecule has 5 nitrogen and oxygen atoms in total. The van der Waals surface area contributed by atoms with Gasteiger partial charge in [0.15, 0.2) is 0 Å². The minimum Gasteiger partial charge on any atom is -0.462 e. The van der Waals surface area contributed by atoms with Gasteiger partial charge in [0.25, 0.3) is 0 Å². The fourth-order valence-electron chi connectivity index (χ4n) is 3.24. The Hall–Kier alpha value is -2.05. The molecule has 1 aliphatic carbocycles. The lowest BCUT2D eigenvalue weighted by atomic mass is 9.95. The number of benzene rings is 1. The number of rotatable bonds is 6. The van der Waals surface area contributed by atoms with Gasteiger partial charge in [0.1, 0.15) is 5.00 Å². The summed E-state index contributed by atoms with van der Waals surface area (Å²) in [5, 5.41) is 7.27. The third-order valence-corrected chi connectivity index (χ3v) is 5.97. The van der Waals surface area contributed by atoms with Gasteiger partial charge < -0.3 is 15.4 Å². The Balaban J connectivity index is 1.73. The maximum absolute atomic E-state index is 12.5. The number of amides is 1. The average molecular weight is 407 g/mol. The number of esters is 1. The van der Waals surface area contributed by atoms with Gasteiger partial charge in [0.05, 0.1) is 18.7 Å². The quantitative estimate of drug-likeness (QED) is 0.675. The first-order chi connectivity index (χ1) is 13.0. The molecule has 0 atom stereocenters. The molecule has 1 aliphatic rings. The summed E-state index contributed by atoms with van der Waals surface area (Å²) >= 11 is 7.45. The SMILES string of the molecule is CCOC(=O)c1c(NC(=O)CNc2ccc(Cl)cc2C)sc2c1CCCC2. The van der Waals surface area contributed by atoms with E-state index in [0.29, 0.717) is 22.2 Å². The van der Waals surface area contributed by atoms with Crippen LogP contribution in [-0.2, 0) is 22.4 Å². The van der Waals surface area contributed by atoms with Gasteiger partial charge in [0.2, 0.25) is 5.91 Å². The van der Waals surface area contributed by atoms with Gasteiger partial charge in [-0.25, -0.2) is 4.79 Å². The number of nitrogens with one attached hydrogen (secondary N) is 2. The van der Waals surface area contributed by atoms with Gasteiger partial charge in [0, 0.05) is 15.6 Å². The summed E-state index contributed by atoms with van der Waals surface area (Å²) in [6.07, 6.45) is 3.98. The maximum atomic E-state index is 12.5. The zero-order chi connectivity index (χ0) is 19.4. The van der Waals surface area contributed by atoms with E-state index in [4.69, 9.17) is 16.3 Å². The van der Waals surface area contributed by atoms with Crippen LogP contribution in [0.3, 0.4) is 0 Å². The zero-order valence-corrected chi connectivity index (χ0v) is 17.1. The largest absolute Gasteiger partial charge is 0.462 e. The molecule has 2 aromatic rings. The van der Waals surface area contributed by atoms with Crippen LogP contribution in [0.25, 0.3) is 0 Å². The Kier molecular flexibility index (Phi) is 6.39. The predicted octanol–water partition coefficient (Wildman–Crippen LogP) is 4.82. The number of carbonyl (C=O) groups is 2. The van der Waals surface area contributed by atoms with Crippen LogP contribution in [0.1, 0.15) is 46.1 Å². The molecule has 2 N–H and O–H groups in total. The molecule has 7 heteroatoms. The Morgan fingerprint density at radius 2 is 2.04 bits per heavy atom. The van der Waals surface area contributed by atoms with Crippen molar-refractivity contribution in [3.05, 3.63) is 44.8 Å². The lowest BCUT2D eigenvalue weighted by Crippen LogP contribution is -2.23. The summed E-state index contributed by atoms with van der Waals surface area (Å²) in [6, 6.07) is 5.47. The van der Waals surface area contributed by atoms with Crippen LogP contribution in [-0.4, -0.2) is 25.0 Å². The lowest BCUT2D eigenvalue weighted by molar-refractivity contribution is -0.114. The normalized spacial score (nSPS) is 13.0. The van der Waals surface area contributed by atoms with Crippen molar-refractivity contribution in [2.45, 2.75) is 39.5 Å². The van der Waals surface area contributed by atoms with E-state index in [1.165, 1.54) is 16.2 Å². The number of ether oxygens (including phenoxy) is 1. The standard InChI is InChI=1S/C20H23ClN2O3S/c1-3-26-20(25)18-14-6-4-5-7-16(14)27-19(18)23-17(24)11-22-15-9-8-13(21)10-12(15)2/h8-10,22H,3-7,11H2,1-2H3,(H,23,24). The molecular weight excluding hydrogens is 384 g/mol. The van der Waals surface area contributed by atoms with Crippen molar-refractivity contribution < 1.29 is 14.3 Å². The summed E-state index contributed by atoms with van der Waals surface area (Å²) in [5.41, 5.74) is 3.40. The van der Waals surface area contributed by atoms with Gasteiger partial charge >= 0.3 is 5.97 Å². The van der Waals surface area contributed by atoms with E-state index < -0.39 is 0 Å². The molecular formula is C20H23ClN2O3S. The maximum Gasteiger partial charge on any atom is 0.341 e. The van der Waals surface area contributed by atoms with E-state index >= 15 is 0 Å². The van der Waals surface area contributed by atoms with Crippen LogP contribution in [0.4, 0.5) is 10.7 Å². The first-order valence-electron chi connectivity index (χ1n) is 9.11. The highest BCUT2D eigenvalue weighted by atomic mass is 35.5. The van der Waals surface area contributed by atoms with Gasteiger partial charge in [-0.2, -0.15) is 0 Å². The third-order valence-electron chi connectivity index (χ3n) is 4.53. The van der Waals surface area contributed by atoms with Crippen LogP contribution >= 0.6 is 22.9 Å². The summed E-state index contributed by atoms with van der Waals surface area (Å²) in [7, 11) is 0. The van der Waals surface area contributed by atoms with E-state index in [9.17, 15) is 9.59 Å². The molecule has 0 saturated heterocycles. The van der Waals surface area contributed by atoms with Crippen LogP contribution in [0.5, 0.6) is 0 Å². The summed E-state index contributed by atoms with van der Waals surface area (Å²) in [4.78, 5) is 26.1. The van der Waals surface area contributed by atoms with Gasteiger partial charge in [-0.3, -0.25) is 4.79 Å². The van der Waals surface area contributed by atoms with Crippen molar-refractivity contribution in [2.24, 2.45) is 0 Å². The first-order valence-corrected chi connectivity index (χ1v) is 10.3. The number of hydrogen-bond donors (Lipinski definition) is 2. The molecule has 144 valence electrons. The number of aryl methyl sites for hydroxylation is 2. The van der Waals surface area contributed by atoms with Crippen LogP contribution in [0.2, 0.25) is 5.02 Å². The van der Waals surface area contributed by atoms with Gasteiger partial charge in [-0.05, 0) is 68.9 Å². The number of anilines is 2. The Bertz CT molecular complexity index is 863. The molecule has 0 unspecified atom stereocenters. The highest BCUT2D eigenvalue weighted by molar-refractivity contribution is 7.17. The van der Waals surface area contributed by atoms with Crippen molar-refractivity contribution >= 4 is 45.5 Å². The Morgan fingerprint density at radius 3 is 2.78 bits per heavy atom. The number of thiophene rings is 1. The first kappa shape index (κ1) is 19.7. The van der Waals surface area contributed by atoms with Crippen LogP contribution in [0.15, 0.2) is 18.2 Å². The molecule has 1 amide bonds. The van der Waals surface area contributed by atoms with Crippen molar-refractivity contribution in [1.29, 1.82) is 0 Å². The topological polar surface area (TPSA) is 67.4 Å².